The first-order chi connectivity index (χ1) is 14.5. The van der Waals surface area contributed by atoms with Crippen molar-refractivity contribution in [1.82, 2.24) is 8.61 Å². The summed E-state index contributed by atoms with van der Waals surface area (Å²) >= 11 is 0. The maximum atomic E-state index is 13.5. The van der Waals surface area contributed by atoms with Crippen LogP contribution in [0.5, 0.6) is 0 Å². The van der Waals surface area contributed by atoms with Gasteiger partial charge in [-0.15, -0.1) is 0 Å². The number of sulfonamides is 2. The van der Waals surface area contributed by atoms with E-state index in [0.29, 0.717) is 24.9 Å². The lowest BCUT2D eigenvalue weighted by Crippen LogP contribution is -2.53. The van der Waals surface area contributed by atoms with Crippen LogP contribution in [0.4, 0.5) is 0 Å². The molecule has 0 heterocycles. The molecule has 32 heavy (non-hydrogen) atoms. The molecule has 2 saturated carbocycles. The van der Waals surface area contributed by atoms with Crippen molar-refractivity contribution in [2.45, 2.75) is 78.8 Å². The van der Waals surface area contributed by atoms with Gasteiger partial charge in [-0.25, -0.2) is 16.8 Å². The summed E-state index contributed by atoms with van der Waals surface area (Å²) in [6.07, 6.45) is 5.31. The van der Waals surface area contributed by atoms with Crippen LogP contribution < -0.4 is 0 Å². The van der Waals surface area contributed by atoms with Gasteiger partial charge < -0.3 is 10.2 Å². The minimum absolute atomic E-state index is 0.156. The Labute approximate surface area is 195 Å². The summed E-state index contributed by atoms with van der Waals surface area (Å²) < 4.78 is 54.7. The van der Waals surface area contributed by atoms with E-state index in [4.69, 9.17) is 0 Å². The molecule has 0 unspecified atom stereocenters. The Kier molecular flexibility index (Phi) is 8.88. The maximum Gasteiger partial charge on any atom is 0.214 e. The Morgan fingerprint density at radius 3 is 1.59 bits per heavy atom. The molecule has 8 nitrogen and oxygen atoms in total. The van der Waals surface area contributed by atoms with Crippen molar-refractivity contribution < 1.29 is 27.0 Å². The average molecular weight is 497 g/mol. The molecule has 0 aliphatic heterocycles. The van der Waals surface area contributed by atoms with Crippen LogP contribution in [0.3, 0.4) is 0 Å². The van der Waals surface area contributed by atoms with Gasteiger partial charge >= 0.3 is 0 Å². The molecule has 2 rings (SSSR count). The second kappa shape index (κ2) is 10.2. The van der Waals surface area contributed by atoms with Gasteiger partial charge in [0.05, 0.1) is 37.3 Å². The molecule has 2 atom stereocenters. The fraction of sp³-hybridized carbons (Fsp3) is 1.00. The number of hydrogen-bond donors (Lipinski definition) is 2. The Morgan fingerprint density at radius 1 is 0.812 bits per heavy atom. The zero-order valence-corrected chi connectivity index (χ0v) is 22.3. The molecule has 0 saturated heterocycles. The molecule has 0 aromatic rings. The van der Waals surface area contributed by atoms with E-state index in [1.807, 2.05) is 34.6 Å². The lowest BCUT2D eigenvalue weighted by atomic mass is 9.82. The molecule has 0 spiro atoms. The molecular weight excluding hydrogens is 452 g/mol. The van der Waals surface area contributed by atoms with Gasteiger partial charge in [-0.3, -0.25) is 0 Å². The Morgan fingerprint density at radius 2 is 1.25 bits per heavy atom. The van der Waals surface area contributed by atoms with Gasteiger partial charge in [0.15, 0.2) is 0 Å². The van der Waals surface area contributed by atoms with E-state index in [1.54, 1.807) is 0 Å². The minimum atomic E-state index is -3.69. The second-order valence-corrected chi connectivity index (χ2v) is 15.6. The summed E-state index contributed by atoms with van der Waals surface area (Å²) in [7, 11) is -7.24. The van der Waals surface area contributed by atoms with Crippen molar-refractivity contribution in [2.24, 2.45) is 22.7 Å². The van der Waals surface area contributed by atoms with Gasteiger partial charge in [0.25, 0.3) is 0 Å². The normalized spacial score (nSPS) is 20.7. The summed E-state index contributed by atoms with van der Waals surface area (Å²) in [6.45, 7) is 9.60. The van der Waals surface area contributed by atoms with E-state index < -0.39 is 43.0 Å². The van der Waals surface area contributed by atoms with Crippen molar-refractivity contribution in [3.8, 4) is 0 Å². The summed E-state index contributed by atoms with van der Waals surface area (Å²) in [5.41, 5.74) is -1.17. The average Bonchev–Trinajstić information content (AvgIpc) is 3.53. The van der Waals surface area contributed by atoms with Crippen LogP contribution in [0.25, 0.3) is 0 Å². The molecule has 0 radical (unpaired) electrons. The van der Waals surface area contributed by atoms with E-state index >= 15 is 0 Å². The van der Waals surface area contributed by atoms with Crippen molar-refractivity contribution in [1.29, 1.82) is 0 Å². The van der Waals surface area contributed by atoms with Crippen LogP contribution in [-0.4, -0.2) is 86.1 Å². The predicted octanol–water partition coefficient (Wildman–Crippen LogP) is 1.88. The van der Waals surface area contributed by atoms with Crippen LogP contribution in [0, 0.1) is 22.7 Å². The number of rotatable bonds is 14. The van der Waals surface area contributed by atoms with E-state index in [9.17, 15) is 27.0 Å². The van der Waals surface area contributed by atoms with Gasteiger partial charge in [-0.2, -0.15) is 8.61 Å². The highest BCUT2D eigenvalue weighted by Crippen LogP contribution is 2.38. The SMILES string of the molecule is CC(C)(C)[C@@H](CO)N(CC1CC1)S(=O)(=O)CCC(C)(C)[C@H](CO)N(CC1CC1)S(C)(=O)=O. The quantitative estimate of drug-likeness (QED) is 0.379. The second-order valence-electron chi connectivity index (χ2n) is 11.6. The van der Waals surface area contributed by atoms with Crippen LogP contribution in [0.2, 0.25) is 0 Å². The van der Waals surface area contributed by atoms with Gasteiger partial charge in [-0.1, -0.05) is 34.6 Å². The number of nitrogens with zero attached hydrogens (tertiary/aromatic N) is 2. The highest BCUT2D eigenvalue weighted by molar-refractivity contribution is 7.89. The molecule has 2 aliphatic rings. The van der Waals surface area contributed by atoms with Gasteiger partial charge in [-0.05, 0) is 54.8 Å². The third-order valence-electron chi connectivity index (χ3n) is 7.00. The zero-order valence-electron chi connectivity index (χ0n) is 20.6. The summed E-state index contributed by atoms with van der Waals surface area (Å²) in [5, 5.41) is 20.2. The van der Waals surface area contributed by atoms with E-state index in [-0.39, 0.29) is 25.4 Å². The number of aliphatic hydroxyl groups excluding tert-OH is 2. The summed E-state index contributed by atoms with van der Waals surface area (Å²) in [6, 6.07) is -1.21. The van der Waals surface area contributed by atoms with Crippen molar-refractivity contribution in [2.75, 3.05) is 38.3 Å². The Hall–Kier alpha value is -0.260. The Bertz CT molecular complexity index is 827. The smallest absolute Gasteiger partial charge is 0.214 e. The third-order valence-corrected chi connectivity index (χ3v) is 10.1. The summed E-state index contributed by atoms with van der Waals surface area (Å²) in [5.74, 6) is 0.486. The van der Waals surface area contributed by atoms with Gasteiger partial charge in [0, 0.05) is 13.1 Å². The van der Waals surface area contributed by atoms with Crippen molar-refractivity contribution in [3.05, 3.63) is 0 Å². The minimum Gasteiger partial charge on any atom is -0.395 e. The lowest BCUT2D eigenvalue weighted by Gasteiger charge is -2.41. The van der Waals surface area contributed by atoms with E-state index in [2.05, 4.69) is 0 Å². The van der Waals surface area contributed by atoms with Crippen LogP contribution in [0.1, 0.15) is 66.7 Å². The number of aliphatic hydroxyl groups is 2. The molecule has 2 aliphatic carbocycles. The molecule has 2 fully saturated rings. The Balaban J connectivity index is 2.22. The summed E-state index contributed by atoms with van der Waals surface area (Å²) in [4.78, 5) is 0. The third kappa shape index (κ3) is 7.63. The van der Waals surface area contributed by atoms with E-state index in [1.165, 1.54) is 8.61 Å². The molecule has 0 bridgehead atoms. The monoisotopic (exact) mass is 496 g/mol. The van der Waals surface area contributed by atoms with Crippen molar-refractivity contribution in [3.63, 3.8) is 0 Å². The first-order valence-electron chi connectivity index (χ1n) is 11.7. The zero-order chi connectivity index (χ0) is 24.5. The maximum absolute atomic E-state index is 13.5. The largest absolute Gasteiger partial charge is 0.395 e. The first kappa shape index (κ1) is 28.0. The topological polar surface area (TPSA) is 115 Å². The molecule has 0 aromatic heterocycles. The highest BCUT2D eigenvalue weighted by atomic mass is 32.2. The standard InChI is InChI=1S/C22H44N2O6S2/c1-21(2,3)19(15-25)24(14-18-9-10-18)32(29,30)12-11-22(4,5)20(16-26)23(31(6,27)28)13-17-7-8-17/h17-20,25-26H,7-16H2,1-6H3/t19-,20+/m1/s1. The first-order valence-corrected chi connectivity index (χ1v) is 15.2. The molecule has 10 heteroatoms. The highest BCUT2D eigenvalue weighted by Gasteiger charge is 2.44. The molecular formula is C22H44N2O6S2. The molecule has 0 amide bonds. The van der Waals surface area contributed by atoms with Crippen LogP contribution >= 0.6 is 0 Å². The van der Waals surface area contributed by atoms with Crippen LogP contribution in [-0.2, 0) is 20.0 Å². The van der Waals surface area contributed by atoms with Crippen LogP contribution in [0.15, 0.2) is 0 Å². The van der Waals surface area contributed by atoms with Crippen molar-refractivity contribution >= 4 is 20.0 Å². The van der Waals surface area contributed by atoms with Gasteiger partial charge in [0.1, 0.15) is 0 Å². The molecule has 2 N–H and O–H groups in total. The number of hydrogen-bond acceptors (Lipinski definition) is 6. The lowest BCUT2D eigenvalue weighted by molar-refractivity contribution is 0.0832. The van der Waals surface area contributed by atoms with Gasteiger partial charge in [0.2, 0.25) is 20.0 Å². The predicted molar refractivity (Wildman–Crippen MR) is 127 cm³/mol. The fourth-order valence-corrected chi connectivity index (χ4v) is 7.76. The molecule has 0 aromatic carbocycles. The molecule has 190 valence electrons. The van der Waals surface area contributed by atoms with E-state index in [0.717, 1.165) is 31.9 Å². The fourth-order valence-electron chi connectivity index (χ4n) is 4.24.